The molecule has 224 valence electrons. The van der Waals surface area contributed by atoms with Gasteiger partial charge in [-0.05, 0) is 107 Å². The fraction of sp³-hybridized carbons (Fsp3) is 0.450. The third-order valence-electron chi connectivity index (χ3n) is 10.6. The van der Waals surface area contributed by atoms with Crippen molar-refractivity contribution in [3.05, 3.63) is 89.0 Å². The summed E-state index contributed by atoms with van der Waals surface area (Å²) in [5, 5.41) is 10.2. The van der Waals surface area contributed by atoms with Gasteiger partial charge in [-0.15, -0.1) is 0 Å². The van der Waals surface area contributed by atoms with Gasteiger partial charge in [0.25, 0.3) is 0 Å². The van der Waals surface area contributed by atoms with Gasteiger partial charge < -0.3 is 0 Å². The van der Waals surface area contributed by atoms with Crippen LogP contribution < -0.4 is 0 Å². The Kier molecular flexibility index (Phi) is 6.81. The number of hydrogen-bond donors (Lipinski definition) is 0. The van der Waals surface area contributed by atoms with Crippen LogP contribution >= 0.6 is 0 Å². The SMILES string of the molecule is CC(C)(C)c1ccc(-c2nc(-c3ccc(C(C)(C)C)cc3)nc(-c3cc(C#N)cc(C45CC6CC(CC(C6)C4)C5)c3)n2)cc1. The number of benzene rings is 3. The first kappa shape index (κ1) is 28.9. The molecule has 4 aromatic rings. The van der Waals surface area contributed by atoms with Crippen LogP contribution in [0.1, 0.15) is 102 Å². The van der Waals surface area contributed by atoms with E-state index in [1.54, 1.807) is 0 Å². The van der Waals surface area contributed by atoms with Gasteiger partial charge in [0, 0.05) is 16.7 Å². The van der Waals surface area contributed by atoms with Crippen molar-refractivity contribution < 1.29 is 0 Å². The molecular formula is C40H44N4. The van der Waals surface area contributed by atoms with Gasteiger partial charge >= 0.3 is 0 Å². The third-order valence-corrected chi connectivity index (χ3v) is 10.6. The second-order valence-electron chi connectivity index (χ2n) is 16.1. The molecule has 8 rings (SSSR count). The molecule has 4 aliphatic carbocycles. The molecule has 1 heterocycles. The van der Waals surface area contributed by atoms with Crippen LogP contribution in [0, 0.1) is 29.1 Å². The van der Waals surface area contributed by atoms with E-state index in [2.05, 4.69) is 108 Å². The fourth-order valence-corrected chi connectivity index (χ4v) is 8.59. The molecule has 0 saturated heterocycles. The van der Waals surface area contributed by atoms with Crippen molar-refractivity contribution >= 4 is 0 Å². The van der Waals surface area contributed by atoms with Crippen LogP contribution in [0.25, 0.3) is 34.2 Å². The molecule has 0 amide bonds. The van der Waals surface area contributed by atoms with E-state index in [1.165, 1.54) is 55.2 Å². The number of nitrogens with zero attached hydrogens (tertiary/aromatic N) is 4. The molecule has 4 saturated carbocycles. The van der Waals surface area contributed by atoms with Crippen LogP contribution in [-0.4, -0.2) is 15.0 Å². The highest BCUT2D eigenvalue weighted by atomic mass is 15.0. The lowest BCUT2D eigenvalue weighted by molar-refractivity contribution is -0.00518. The molecule has 4 bridgehead atoms. The van der Waals surface area contributed by atoms with Gasteiger partial charge in [-0.1, -0.05) is 90.1 Å². The third kappa shape index (κ3) is 5.36. The van der Waals surface area contributed by atoms with E-state index in [0.29, 0.717) is 23.0 Å². The van der Waals surface area contributed by atoms with Gasteiger partial charge in [0.1, 0.15) is 0 Å². The Hall–Kier alpha value is -3.84. The molecule has 4 aliphatic rings. The van der Waals surface area contributed by atoms with Gasteiger partial charge in [-0.25, -0.2) is 15.0 Å². The number of nitriles is 1. The monoisotopic (exact) mass is 580 g/mol. The van der Waals surface area contributed by atoms with Gasteiger partial charge in [-0.3, -0.25) is 0 Å². The number of rotatable bonds is 4. The van der Waals surface area contributed by atoms with Crippen LogP contribution in [0.5, 0.6) is 0 Å². The number of aromatic nitrogens is 3. The van der Waals surface area contributed by atoms with Gasteiger partial charge in [0.15, 0.2) is 17.5 Å². The summed E-state index contributed by atoms with van der Waals surface area (Å²) in [6, 6.07) is 26.1. The zero-order valence-corrected chi connectivity index (χ0v) is 27.1. The second-order valence-corrected chi connectivity index (χ2v) is 16.1. The van der Waals surface area contributed by atoms with Crippen LogP contribution in [0.3, 0.4) is 0 Å². The lowest BCUT2D eigenvalue weighted by Crippen LogP contribution is -2.48. The van der Waals surface area contributed by atoms with E-state index in [1.807, 2.05) is 6.07 Å². The molecule has 1 aromatic heterocycles. The Labute approximate surface area is 263 Å². The summed E-state index contributed by atoms with van der Waals surface area (Å²) in [7, 11) is 0. The molecule has 0 unspecified atom stereocenters. The van der Waals surface area contributed by atoms with Gasteiger partial charge in [0.2, 0.25) is 0 Å². The summed E-state index contributed by atoms with van der Waals surface area (Å²) in [6.45, 7) is 13.4. The van der Waals surface area contributed by atoms with Crippen molar-refractivity contribution in [3.8, 4) is 40.2 Å². The number of hydrogen-bond acceptors (Lipinski definition) is 4. The Balaban J connectivity index is 1.36. The molecule has 0 radical (unpaired) electrons. The topological polar surface area (TPSA) is 62.5 Å². The highest BCUT2D eigenvalue weighted by molar-refractivity contribution is 5.68. The smallest absolute Gasteiger partial charge is 0.164 e. The summed E-state index contributed by atoms with van der Waals surface area (Å²) in [4.78, 5) is 15.2. The Morgan fingerprint density at radius 2 is 1.00 bits per heavy atom. The average Bonchev–Trinajstić information content (AvgIpc) is 2.99. The molecule has 4 fully saturated rings. The molecule has 4 nitrogen and oxygen atoms in total. The predicted molar refractivity (Wildman–Crippen MR) is 178 cm³/mol. The van der Waals surface area contributed by atoms with Crippen molar-refractivity contribution in [2.45, 2.75) is 96.3 Å². The standard InChI is InChI=1S/C40H44N4/c1-38(2,3)32-11-7-29(8-12-32)35-42-36(30-9-13-33(14-10-30)39(4,5)6)44-37(43-35)31-18-28(24-41)19-34(20-31)40-21-25-15-26(22-40)17-27(16-25)23-40/h7-14,18-20,25-27H,15-17,21-23H2,1-6H3. The van der Waals surface area contributed by atoms with E-state index in [-0.39, 0.29) is 16.2 Å². The molecule has 44 heavy (non-hydrogen) atoms. The van der Waals surface area contributed by atoms with Crippen molar-refractivity contribution in [2.24, 2.45) is 17.8 Å². The zero-order chi connectivity index (χ0) is 30.9. The summed E-state index contributed by atoms with van der Waals surface area (Å²) in [6.07, 6.45) is 7.94. The first-order valence-electron chi connectivity index (χ1n) is 16.4. The van der Waals surface area contributed by atoms with E-state index < -0.39 is 0 Å². The van der Waals surface area contributed by atoms with E-state index >= 15 is 0 Å². The molecule has 3 aromatic carbocycles. The average molecular weight is 581 g/mol. The highest BCUT2D eigenvalue weighted by Gasteiger charge is 2.51. The predicted octanol–water partition coefficient (Wildman–Crippen LogP) is 9.81. The van der Waals surface area contributed by atoms with Crippen molar-refractivity contribution in [2.75, 3.05) is 0 Å². The van der Waals surface area contributed by atoms with Gasteiger partial charge in [-0.2, -0.15) is 5.26 Å². The quantitative estimate of drug-likeness (QED) is 0.241. The maximum absolute atomic E-state index is 10.2. The Morgan fingerprint density at radius 1 is 0.591 bits per heavy atom. The highest BCUT2D eigenvalue weighted by Crippen LogP contribution is 2.61. The zero-order valence-electron chi connectivity index (χ0n) is 27.1. The largest absolute Gasteiger partial charge is 0.208 e. The van der Waals surface area contributed by atoms with Crippen molar-refractivity contribution in [3.63, 3.8) is 0 Å². The summed E-state index contributed by atoms with van der Waals surface area (Å²) >= 11 is 0. The lowest BCUT2D eigenvalue weighted by atomic mass is 9.48. The Bertz CT molecular complexity index is 1630. The van der Waals surface area contributed by atoms with Crippen LogP contribution in [0.4, 0.5) is 0 Å². The van der Waals surface area contributed by atoms with Crippen molar-refractivity contribution in [1.82, 2.24) is 15.0 Å². The van der Waals surface area contributed by atoms with Crippen LogP contribution in [-0.2, 0) is 16.2 Å². The molecule has 4 heteroatoms. The first-order valence-corrected chi connectivity index (χ1v) is 16.4. The fourth-order valence-electron chi connectivity index (χ4n) is 8.59. The normalized spacial score (nSPS) is 24.3. The van der Waals surface area contributed by atoms with Crippen molar-refractivity contribution in [1.29, 1.82) is 5.26 Å². The molecule has 0 spiro atoms. The maximum atomic E-state index is 10.2. The summed E-state index contributed by atoms with van der Waals surface area (Å²) in [5.41, 5.74) is 7.71. The second kappa shape index (κ2) is 10.4. The minimum atomic E-state index is 0.0636. The lowest BCUT2D eigenvalue weighted by Gasteiger charge is -2.57. The van der Waals surface area contributed by atoms with Crippen LogP contribution in [0.2, 0.25) is 0 Å². The minimum Gasteiger partial charge on any atom is -0.208 e. The summed E-state index contributed by atoms with van der Waals surface area (Å²) < 4.78 is 0. The molecular weight excluding hydrogens is 536 g/mol. The summed E-state index contributed by atoms with van der Waals surface area (Å²) in [5.74, 6) is 4.44. The minimum absolute atomic E-state index is 0.0636. The molecule has 0 atom stereocenters. The van der Waals surface area contributed by atoms with E-state index in [0.717, 1.165) is 34.4 Å². The van der Waals surface area contributed by atoms with Crippen LogP contribution in [0.15, 0.2) is 66.7 Å². The Morgan fingerprint density at radius 3 is 1.39 bits per heavy atom. The maximum Gasteiger partial charge on any atom is 0.164 e. The molecule has 0 N–H and O–H groups in total. The molecule has 0 aliphatic heterocycles. The first-order chi connectivity index (χ1) is 20.9. The van der Waals surface area contributed by atoms with E-state index in [9.17, 15) is 5.26 Å². The van der Waals surface area contributed by atoms with E-state index in [4.69, 9.17) is 15.0 Å². The van der Waals surface area contributed by atoms with Gasteiger partial charge in [0.05, 0.1) is 11.6 Å².